The van der Waals surface area contributed by atoms with E-state index in [0.717, 1.165) is 0 Å². The highest BCUT2D eigenvalue weighted by atomic mass is 32.2. The van der Waals surface area contributed by atoms with Crippen LogP contribution in [0.4, 0.5) is 5.69 Å². The molecule has 0 aliphatic rings. The first-order valence-electron chi connectivity index (χ1n) is 6.77. The number of methoxy groups -OCH3 is 2. The first kappa shape index (κ1) is 15.9. The normalized spacial score (nSPS) is 11.6. The molecule has 126 valence electrons. The van der Waals surface area contributed by atoms with Crippen LogP contribution in [0.25, 0.3) is 11.1 Å². The Morgan fingerprint density at radius 1 is 1.04 bits per heavy atom. The van der Waals surface area contributed by atoms with Gasteiger partial charge in [0, 0.05) is 17.8 Å². The Bertz CT molecular complexity index is 1080. The first-order valence-corrected chi connectivity index (χ1v) is 8.21. The molecular weight excluding hydrogens is 336 g/mol. The molecule has 3 aromatic rings. The Labute approximate surface area is 137 Å². The molecule has 0 radical (unpaired) electrons. The van der Waals surface area contributed by atoms with Crippen molar-refractivity contribution in [2.75, 3.05) is 20.0 Å². The maximum Gasteiger partial charge on any atom is 0.434 e. The molecule has 0 amide bonds. The SMILES string of the molecule is COc1ccc(S(=O)(=O)n2c(=O)oc3cc(N)ccc32)cc1OC. The number of anilines is 1. The molecule has 0 spiro atoms. The van der Waals surface area contributed by atoms with Gasteiger partial charge in [-0.05, 0) is 24.3 Å². The highest BCUT2D eigenvalue weighted by Gasteiger charge is 2.25. The average molecular weight is 350 g/mol. The highest BCUT2D eigenvalue weighted by molar-refractivity contribution is 7.90. The summed E-state index contributed by atoms with van der Waals surface area (Å²) in [6, 6.07) is 8.32. The number of nitrogens with zero attached hydrogens (tertiary/aromatic N) is 1. The predicted molar refractivity (Wildman–Crippen MR) is 87.0 cm³/mol. The summed E-state index contributed by atoms with van der Waals surface area (Å²) < 4.78 is 41.5. The van der Waals surface area contributed by atoms with Crippen LogP contribution >= 0.6 is 0 Å². The lowest BCUT2D eigenvalue weighted by Crippen LogP contribution is -2.23. The van der Waals surface area contributed by atoms with E-state index in [2.05, 4.69) is 0 Å². The van der Waals surface area contributed by atoms with Crippen molar-refractivity contribution in [2.24, 2.45) is 0 Å². The van der Waals surface area contributed by atoms with Gasteiger partial charge in [0.2, 0.25) is 0 Å². The Hall–Kier alpha value is -2.94. The van der Waals surface area contributed by atoms with Crippen molar-refractivity contribution in [2.45, 2.75) is 4.90 Å². The minimum Gasteiger partial charge on any atom is -0.493 e. The summed E-state index contributed by atoms with van der Waals surface area (Å²) in [6.45, 7) is 0. The second kappa shape index (κ2) is 5.60. The van der Waals surface area contributed by atoms with E-state index >= 15 is 0 Å². The van der Waals surface area contributed by atoms with Gasteiger partial charge in [0.25, 0.3) is 10.0 Å². The second-order valence-electron chi connectivity index (χ2n) is 4.88. The first-order chi connectivity index (χ1) is 11.4. The lowest BCUT2D eigenvalue weighted by molar-refractivity contribution is 0.354. The molecule has 0 bridgehead atoms. The standard InChI is InChI=1S/C15H14N2O6S/c1-21-12-6-4-10(8-14(12)22-2)24(19,20)17-11-5-3-9(16)7-13(11)23-15(17)18/h3-8H,16H2,1-2H3. The van der Waals surface area contributed by atoms with Gasteiger partial charge < -0.3 is 19.6 Å². The molecule has 0 atom stereocenters. The number of nitrogen functional groups attached to an aromatic ring is 1. The fourth-order valence-corrected chi connectivity index (χ4v) is 3.67. The molecule has 0 fully saturated rings. The number of hydrogen-bond acceptors (Lipinski definition) is 7. The Balaban J connectivity index is 2.26. The quantitative estimate of drug-likeness (QED) is 0.708. The summed E-state index contributed by atoms with van der Waals surface area (Å²) in [4.78, 5) is 11.9. The van der Waals surface area contributed by atoms with Crippen LogP contribution in [0.1, 0.15) is 0 Å². The zero-order valence-electron chi connectivity index (χ0n) is 12.8. The van der Waals surface area contributed by atoms with Gasteiger partial charge in [-0.3, -0.25) is 0 Å². The van der Waals surface area contributed by atoms with Gasteiger partial charge in [-0.25, -0.2) is 13.2 Å². The molecule has 0 aliphatic heterocycles. The third-order valence-corrected chi connectivity index (χ3v) is 5.14. The third kappa shape index (κ3) is 2.38. The monoisotopic (exact) mass is 350 g/mol. The number of hydrogen-bond donors (Lipinski definition) is 1. The molecular formula is C15H14N2O6S. The van der Waals surface area contributed by atoms with Gasteiger partial charge in [0.15, 0.2) is 17.1 Å². The third-order valence-electron chi connectivity index (χ3n) is 3.46. The van der Waals surface area contributed by atoms with E-state index in [0.29, 0.717) is 15.4 Å². The van der Waals surface area contributed by atoms with Crippen molar-refractivity contribution >= 4 is 26.8 Å². The maximum absolute atomic E-state index is 12.9. The zero-order valence-corrected chi connectivity index (χ0v) is 13.7. The summed E-state index contributed by atoms with van der Waals surface area (Å²) >= 11 is 0. The van der Waals surface area contributed by atoms with E-state index in [4.69, 9.17) is 19.6 Å². The molecule has 1 heterocycles. The van der Waals surface area contributed by atoms with Crippen molar-refractivity contribution in [3.63, 3.8) is 0 Å². The molecule has 3 rings (SSSR count). The smallest absolute Gasteiger partial charge is 0.434 e. The molecule has 9 heteroatoms. The molecule has 0 saturated carbocycles. The lowest BCUT2D eigenvalue weighted by Gasteiger charge is -2.10. The van der Waals surface area contributed by atoms with Gasteiger partial charge >= 0.3 is 5.76 Å². The average Bonchev–Trinajstić information content (AvgIpc) is 2.89. The van der Waals surface area contributed by atoms with Gasteiger partial charge in [0.05, 0.1) is 19.1 Å². The number of benzene rings is 2. The highest BCUT2D eigenvalue weighted by Crippen LogP contribution is 2.30. The molecule has 0 aliphatic carbocycles. The summed E-state index contributed by atoms with van der Waals surface area (Å²) in [5.74, 6) is -0.428. The van der Waals surface area contributed by atoms with Crippen LogP contribution in [-0.2, 0) is 10.0 Å². The van der Waals surface area contributed by atoms with Crippen LogP contribution in [0.15, 0.2) is 50.5 Å². The van der Waals surface area contributed by atoms with Gasteiger partial charge in [-0.15, -0.1) is 0 Å². The summed E-state index contributed by atoms with van der Waals surface area (Å²) in [5.41, 5.74) is 6.16. The van der Waals surface area contributed by atoms with Gasteiger partial charge in [-0.2, -0.15) is 3.97 Å². The van der Waals surface area contributed by atoms with E-state index in [1.165, 1.54) is 50.6 Å². The van der Waals surface area contributed by atoms with Crippen molar-refractivity contribution in [1.29, 1.82) is 0 Å². The van der Waals surface area contributed by atoms with Crippen molar-refractivity contribution in [3.05, 3.63) is 46.9 Å². The lowest BCUT2D eigenvalue weighted by atomic mass is 10.3. The van der Waals surface area contributed by atoms with Gasteiger partial charge in [-0.1, -0.05) is 0 Å². The topological polar surface area (TPSA) is 114 Å². The molecule has 24 heavy (non-hydrogen) atoms. The zero-order chi connectivity index (χ0) is 17.5. The van der Waals surface area contributed by atoms with Crippen LogP contribution < -0.4 is 21.0 Å². The summed E-state index contributed by atoms with van der Waals surface area (Å²) in [7, 11) is -1.37. The fraction of sp³-hybridized carbons (Fsp3) is 0.133. The van der Waals surface area contributed by atoms with E-state index in [1.807, 2.05) is 0 Å². The van der Waals surface area contributed by atoms with E-state index in [-0.39, 0.29) is 21.7 Å². The molecule has 2 N–H and O–H groups in total. The van der Waals surface area contributed by atoms with Crippen LogP contribution in [0.2, 0.25) is 0 Å². The largest absolute Gasteiger partial charge is 0.493 e. The van der Waals surface area contributed by atoms with E-state index in [9.17, 15) is 13.2 Å². The fourth-order valence-electron chi connectivity index (χ4n) is 2.32. The molecule has 8 nitrogen and oxygen atoms in total. The molecule has 0 saturated heterocycles. The Morgan fingerprint density at radius 2 is 1.75 bits per heavy atom. The minimum absolute atomic E-state index is 0.0871. The number of aromatic nitrogens is 1. The molecule has 0 unspecified atom stereocenters. The number of rotatable bonds is 4. The van der Waals surface area contributed by atoms with Crippen molar-refractivity contribution in [3.8, 4) is 11.5 Å². The maximum atomic E-state index is 12.9. The van der Waals surface area contributed by atoms with Gasteiger partial charge in [0.1, 0.15) is 5.52 Å². The molecule has 2 aromatic carbocycles. The van der Waals surface area contributed by atoms with E-state index < -0.39 is 15.8 Å². The Kier molecular flexibility index (Phi) is 3.72. The van der Waals surface area contributed by atoms with Crippen LogP contribution in [0.3, 0.4) is 0 Å². The minimum atomic E-state index is -4.19. The number of nitrogens with two attached hydrogens (primary N) is 1. The number of ether oxygens (including phenoxy) is 2. The second-order valence-corrected chi connectivity index (χ2v) is 6.67. The van der Waals surface area contributed by atoms with Crippen molar-refractivity contribution in [1.82, 2.24) is 3.97 Å². The van der Waals surface area contributed by atoms with Crippen molar-refractivity contribution < 1.29 is 22.3 Å². The number of oxazole rings is 1. The summed E-state index contributed by atoms with van der Waals surface area (Å²) in [6.07, 6.45) is 0. The van der Waals surface area contributed by atoms with Crippen LogP contribution in [0.5, 0.6) is 11.5 Å². The molecule has 1 aromatic heterocycles. The van der Waals surface area contributed by atoms with Crippen LogP contribution in [-0.4, -0.2) is 26.6 Å². The van der Waals surface area contributed by atoms with Crippen LogP contribution in [0, 0.1) is 0 Å². The Morgan fingerprint density at radius 3 is 2.42 bits per heavy atom. The predicted octanol–water partition coefficient (Wildman–Crippen LogP) is 1.43. The number of fused-ring (bicyclic) bond motifs is 1. The van der Waals surface area contributed by atoms with E-state index in [1.54, 1.807) is 0 Å². The summed E-state index contributed by atoms with van der Waals surface area (Å²) in [5, 5.41) is 0.